The Morgan fingerprint density at radius 1 is 1.19 bits per heavy atom. The van der Waals surface area contributed by atoms with E-state index in [2.05, 4.69) is 5.10 Å². The molecule has 0 amide bonds. The van der Waals surface area contributed by atoms with Crippen LogP contribution in [0, 0.1) is 5.92 Å². The van der Waals surface area contributed by atoms with Gasteiger partial charge in [-0.25, -0.2) is 8.42 Å². The number of sulfonamides is 1. The van der Waals surface area contributed by atoms with E-state index in [-0.39, 0.29) is 35.6 Å². The standard InChI is InChI=1S/C21H23N3O6S/c1-13-11-23(31(28,29)16-6-3-14(25)4-7-16)12-20(13)24-19-9-15(30-2)5-8-17(19)18(22-24)10-21(26)27/h3-9,13,20,25H,10-12H2,1-2H3,(H,26,27)/t13-,20+/m1/s1. The van der Waals surface area contributed by atoms with Crippen LogP contribution in [0.15, 0.2) is 47.4 Å². The van der Waals surface area contributed by atoms with Gasteiger partial charge in [-0.15, -0.1) is 0 Å². The third-order valence-corrected chi connectivity index (χ3v) is 7.48. The van der Waals surface area contributed by atoms with Gasteiger partial charge in [-0.3, -0.25) is 9.48 Å². The van der Waals surface area contributed by atoms with E-state index in [9.17, 15) is 23.4 Å². The summed E-state index contributed by atoms with van der Waals surface area (Å²) in [6.07, 6.45) is -0.230. The second-order valence-corrected chi connectivity index (χ2v) is 9.64. The highest BCUT2D eigenvalue weighted by Crippen LogP contribution is 2.35. The van der Waals surface area contributed by atoms with Crippen molar-refractivity contribution in [1.29, 1.82) is 0 Å². The lowest BCUT2D eigenvalue weighted by atomic mass is 10.1. The molecular weight excluding hydrogens is 422 g/mol. The number of aromatic hydroxyl groups is 1. The van der Waals surface area contributed by atoms with E-state index >= 15 is 0 Å². The zero-order chi connectivity index (χ0) is 22.3. The number of phenols is 1. The quantitative estimate of drug-likeness (QED) is 0.597. The Kier molecular flexibility index (Phi) is 5.36. The molecule has 2 heterocycles. The molecule has 1 saturated heterocycles. The van der Waals surface area contributed by atoms with Crippen LogP contribution in [0.5, 0.6) is 11.5 Å². The molecule has 2 atom stereocenters. The molecule has 164 valence electrons. The Morgan fingerprint density at radius 2 is 1.90 bits per heavy atom. The number of phenolic OH excluding ortho intramolecular Hbond substituents is 1. The molecule has 2 aromatic carbocycles. The van der Waals surface area contributed by atoms with Crippen LogP contribution in [-0.4, -0.2) is 58.9 Å². The number of fused-ring (bicyclic) bond motifs is 1. The summed E-state index contributed by atoms with van der Waals surface area (Å²) in [4.78, 5) is 11.4. The van der Waals surface area contributed by atoms with Crippen molar-refractivity contribution in [3.63, 3.8) is 0 Å². The zero-order valence-electron chi connectivity index (χ0n) is 17.1. The van der Waals surface area contributed by atoms with Crippen molar-refractivity contribution in [1.82, 2.24) is 14.1 Å². The second-order valence-electron chi connectivity index (χ2n) is 7.71. The van der Waals surface area contributed by atoms with Gasteiger partial charge in [0, 0.05) is 24.5 Å². The summed E-state index contributed by atoms with van der Waals surface area (Å²) in [7, 11) is -2.20. The highest BCUT2D eigenvalue weighted by molar-refractivity contribution is 7.89. The predicted octanol–water partition coefficient (Wildman–Crippen LogP) is 2.26. The Bertz CT molecular complexity index is 1240. The maximum atomic E-state index is 13.1. The number of rotatable bonds is 6. The predicted molar refractivity (Wildman–Crippen MR) is 113 cm³/mol. The van der Waals surface area contributed by atoms with Crippen molar-refractivity contribution < 1.29 is 28.2 Å². The Hall–Kier alpha value is -3.11. The average Bonchev–Trinajstić information content (AvgIpc) is 3.28. The Labute approximate surface area is 179 Å². The molecule has 4 rings (SSSR count). The van der Waals surface area contributed by atoms with Crippen LogP contribution in [0.1, 0.15) is 18.7 Å². The summed E-state index contributed by atoms with van der Waals surface area (Å²) in [6.45, 7) is 2.44. The molecule has 1 aliphatic rings. The first-order valence-corrected chi connectivity index (χ1v) is 11.2. The van der Waals surface area contributed by atoms with E-state index in [1.807, 2.05) is 6.92 Å². The molecule has 0 bridgehead atoms. The van der Waals surface area contributed by atoms with E-state index in [0.29, 0.717) is 28.9 Å². The molecule has 9 nitrogen and oxygen atoms in total. The minimum Gasteiger partial charge on any atom is -0.508 e. The maximum Gasteiger partial charge on any atom is 0.309 e. The van der Waals surface area contributed by atoms with E-state index in [4.69, 9.17) is 4.74 Å². The monoisotopic (exact) mass is 445 g/mol. The van der Waals surface area contributed by atoms with Gasteiger partial charge < -0.3 is 14.9 Å². The van der Waals surface area contributed by atoms with Gasteiger partial charge in [0.25, 0.3) is 0 Å². The summed E-state index contributed by atoms with van der Waals surface area (Å²) in [6, 6.07) is 10.5. The number of nitrogens with zero attached hydrogens (tertiary/aromatic N) is 3. The normalized spacial score (nSPS) is 19.7. The fourth-order valence-electron chi connectivity index (χ4n) is 4.02. The topological polar surface area (TPSA) is 122 Å². The van der Waals surface area contributed by atoms with Crippen LogP contribution in [0.2, 0.25) is 0 Å². The van der Waals surface area contributed by atoms with Crippen molar-refractivity contribution in [3.05, 3.63) is 48.2 Å². The van der Waals surface area contributed by atoms with Gasteiger partial charge in [0.1, 0.15) is 11.5 Å². The van der Waals surface area contributed by atoms with Crippen molar-refractivity contribution in [2.45, 2.75) is 24.3 Å². The number of methoxy groups -OCH3 is 1. The number of benzene rings is 2. The summed E-state index contributed by atoms with van der Waals surface area (Å²) in [5, 5.41) is 24.0. The van der Waals surface area contributed by atoms with Crippen molar-refractivity contribution in [2.24, 2.45) is 5.92 Å². The molecule has 1 aliphatic heterocycles. The second kappa shape index (κ2) is 7.86. The molecule has 0 spiro atoms. The summed E-state index contributed by atoms with van der Waals surface area (Å²) >= 11 is 0. The van der Waals surface area contributed by atoms with Crippen LogP contribution in [0.3, 0.4) is 0 Å². The van der Waals surface area contributed by atoms with E-state index in [1.165, 1.54) is 28.6 Å². The lowest BCUT2D eigenvalue weighted by Gasteiger charge is -2.18. The lowest BCUT2D eigenvalue weighted by molar-refractivity contribution is -0.136. The highest BCUT2D eigenvalue weighted by Gasteiger charge is 2.39. The molecule has 1 aromatic heterocycles. The van der Waals surface area contributed by atoms with E-state index < -0.39 is 16.0 Å². The fourth-order valence-corrected chi connectivity index (χ4v) is 5.58. The largest absolute Gasteiger partial charge is 0.508 e. The zero-order valence-corrected chi connectivity index (χ0v) is 17.9. The minimum absolute atomic E-state index is 0.00506. The van der Waals surface area contributed by atoms with Crippen molar-refractivity contribution in [2.75, 3.05) is 20.2 Å². The number of hydrogen-bond donors (Lipinski definition) is 2. The summed E-state index contributed by atoms with van der Waals surface area (Å²) in [5.41, 5.74) is 1.13. The summed E-state index contributed by atoms with van der Waals surface area (Å²) in [5.74, 6) is -0.443. The van der Waals surface area contributed by atoms with Gasteiger partial charge in [0.2, 0.25) is 10.0 Å². The average molecular weight is 445 g/mol. The first-order chi connectivity index (χ1) is 14.7. The highest BCUT2D eigenvalue weighted by atomic mass is 32.2. The number of aliphatic carboxylic acids is 1. The summed E-state index contributed by atoms with van der Waals surface area (Å²) < 4.78 is 34.6. The minimum atomic E-state index is -3.75. The van der Waals surface area contributed by atoms with Crippen molar-refractivity contribution in [3.8, 4) is 11.5 Å². The molecule has 0 unspecified atom stereocenters. The Balaban J connectivity index is 1.73. The van der Waals surface area contributed by atoms with E-state index in [0.717, 1.165) is 0 Å². The number of carbonyl (C=O) groups is 1. The molecule has 0 saturated carbocycles. The number of hydrogen-bond acceptors (Lipinski definition) is 6. The van der Waals surface area contributed by atoms with Gasteiger partial charge in [-0.1, -0.05) is 6.92 Å². The molecule has 0 radical (unpaired) electrons. The van der Waals surface area contributed by atoms with Crippen molar-refractivity contribution >= 4 is 26.9 Å². The van der Waals surface area contributed by atoms with Crippen LogP contribution >= 0.6 is 0 Å². The molecule has 31 heavy (non-hydrogen) atoms. The van der Waals surface area contributed by atoms with Gasteiger partial charge >= 0.3 is 5.97 Å². The van der Waals surface area contributed by atoms with Crippen LogP contribution in [0.25, 0.3) is 10.9 Å². The molecule has 2 N–H and O–H groups in total. The number of carboxylic acids is 1. The van der Waals surface area contributed by atoms with Gasteiger partial charge in [0.15, 0.2) is 0 Å². The molecule has 0 aliphatic carbocycles. The smallest absolute Gasteiger partial charge is 0.309 e. The first kappa shape index (κ1) is 21.1. The number of carboxylic acid groups (broad SMARTS) is 1. The van der Waals surface area contributed by atoms with Gasteiger partial charge in [-0.05, 0) is 42.3 Å². The SMILES string of the molecule is COc1ccc2c(CC(=O)O)nn([C@H]3CN(S(=O)(=O)c4ccc(O)cc4)C[C@H]3C)c2c1. The fraction of sp³-hybridized carbons (Fsp3) is 0.333. The van der Waals surface area contributed by atoms with Gasteiger partial charge in [0.05, 0.1) is 35.7 Å². The third-order valence-electron chi connectivity index (χ3n) is 5.64. The lowest BCUT2D eigenvalue weighted by Crippen LogP contribution is -2.29. The first-order valence-electron chi connectivity index (χ1n) is 9.77. The molecular formula is C21H23N3O6S. The van der Waals surface area contributed by atoms with Crippen LogP contribution in [0.4, 0.5) is 0 Å². The van der Waals surface area contributed by atoms with Gasteiger partial charge in [-0.2, -0.15) is 9.40 Å². The maximum absolute atomic E-state index is 13.1. The Morgan fingerprint density at radius 3 is 2.55 bits per heavy atom. The molecule has 10 heteroatoms. The van der Waals surface area contributed by atoms with E-state index in [1.54, 1.807) is 30.0 Å². The molecule has 3 aromatic rings. The van der Waals surface area contributed by atoms with Crippen LogP contribution < -0.4 is 4.74 Å². The third kappa shape index (κ3) is 3.84. The number of aromatic nitrogens is 2. The number of ether oxygens (including phenoxy) is 1. The molecule has 1 fully saturated rings. The van der Waals surface area contributed by atoms with Crippen LogP contribution in [-0.2, 0) is 21.2 Å².